The van der Waals surface area contributed by atoms with E-state index in [1.54, 1.807) is 31.6 Å². The molecular weight excluding hydrogens is 232 g/mol. The van der Waals surface area contributed by atoms with Gasteiger partial charge in [0.05, 0.1) is 0 Å². The standard InChI is InChI=1S/C12H18N4O2/c1-13-6-4-11(17)15-9-5-12(18)16-10-2-7-14-8-3-10/h2-3,7-8,13H,4-6,9H2,1H3,(H,15,17)(H,14,16,18). The molecule has 0 aliphatic carbocycles. The number of rotatable bonds is 7. The van der Waals surface area contributed by atoms with Gasteiger partial charge in [-0.25, -0.2) is 0 Å². The molecule has 0 saturated carbocycles. The van der Waals surface area contributed by atoms with E-state index in [4.69, 9.17) is 0 Å². The van der Waals surface area contributed by atoms with Crippen LogP contribution >= 0.6 is 0 Å². The predicted octanol–water partition coefficient (Wildman–Crippen LogP) is 0.136. The van der Waals surface area contributed by atoms with E-state index in [-0.39, 0.29) is 18.2 Å². The van der Waals surface area contributed by atoms with Gasteiger partial charge < -0.3 is 16.0 Å². The van der Waals surface area contributed by atoms with E-state index in [2.05, 4.69) is 20.9 Å². The van der Waals surface area contributed by atoms with Gasteiger partial charge in [0.15, 0.2) is 0 Å². The first-order chi connectivity index (χ1) is 8.72. The van der Waals surface area contributed by atoms with E-state index in [0.717, 1.165) is 0 Å². The molecule has 0 radical (unpaired) electrons. The zero-order valence-corrected chi connectivity index (χ0v) is 10.4. The Balaban J connectivity index is 2.16. The number of nitrogens with zero attached hydrogens (tertiary/aromatic N) is 1. The summed E-state index contributed by atoms with van der Waals surface area (Å²) in [5.74, 6) is -0.184. The molecule has 3 N–H and O–H groups in total. The lowest BCUT2D eigenvalue weighted by Crippen LogP contribution is -2.29. The van der Waals surface area contributed by atoms with Crippen LogP contribution < -0.4 is 16.0 Å². The number of carbonyl (C=O) groups is 2. The highest BCUT2D eigenvalue weighted by Crippen LogP contribution is 2.03. The summed E-state index contributed by atoms with van der Waals surface area (Å²) in [4.78, 5) is 26.6. The monoisotopic (exact) mass is 250 g/mol. The van der Waals surface area contributed by atoms with Gasteiger partial charge in [-0.15, -0.1) is 0 Å². The predicted molar refractivity (Wildman–Crippen MR) is 69.0 cm³/mol. The number of carbonyl (C=O) groups excluding carboxylic acids is 2. The summed E-state index contributed by atoms with van der Waals surface area (Å²) in [6.45, 7) is 0.981. The van der Waals surface area contributed by atoms with E-state index in [0.29, 0.717) is 25.2 Å². The third-order valence-corrected chi connectivity index (χ3v) is 2.24. The molecule has 0 bridgehead atoms. The van der Waals surface area contributed by atoms with Gasteiger partial charge in [0.2, 0.25) is 11.8 Å². The Hall–Kier alpha value is -1.95. The van der Waals surface area contributed by atoms with Gasteiger partial charge in [-0.05, 0) is 19.2 Å². The molecule has 0 fully saturated rings. The van der Waals surface area contributed by atoms with Crippen molar-refractivity contribution in [1.29, 1.82) is 0 Å². The molecule has 1 aromatic rings. The minimum atomic E-state index is -0.130. The molecule has 6 nitrogen and oxygen atoms in total. The van der Waals surface area contributed by atoms with Crippen molar-refractivity contribution in [3.63, 3.8) is 0 Å². The number of amides is 2. The number of pyridine rings is 1. The van der Waals surface area contributed by atoms with Crippen LogP contribution in [0.4, 0.5) is 5.69 Å². The summed E-state index contributed by atoms with van der Waals surface area (Å²) in [6.07, 6.45) is 3.89. The quantitative estimate of drug-likeness (QED) is 0.642. The first-order valence-corrected chi connectivity index (χ1v) is 5.83. The van der Waals surface area contributed by atoms with Crippen LogP contribution in [0.25, 0.3) is 0 Å². The summed E-state index contributed by atoms with van der Waals surface area (Å²) in [5.41, 5.74) is 0.705. The highest BCUT2D eigenvalue weighted by Gasteiger charge is 2.04. The third kappa shape index (κ3) is 5.95. The zero-order valence-electron chi connectivity index (χ0n) is 10.4. The van der Waals surface area contributed by atoms with Crippen molar-refractivity contribution in [3.8, 4) is 0 Å². The maximum absolute atomic E-state index is 11.5. The van der Waals surface area contributed by atoms with E-state index in [1.807, 2.05) is 0 Å². The molecule has 0 unspecified atom stereocenters. The second-order valence-electron chi connectivity index (χ2n) is 3.74. The van der Waals surface area contributed by atoms with Crippen LogP contribution in [0.2, 0.25) is 0 Å². The van der Waals surface area contributed by atoms with Crippen LogP contribution in [0.5, 0.6) is 0 Å². The van der Waals surface area contributed by atoms with Crippen LogP contribution in [0.3, 0.4) is 0 Å². The Morgan fingerprint density at radius 1 is 1.11 bits per heavy atom. The molecule has 1 aromatic heterocycles. The second-order valence-corrected chi connectivity index (χ2v) is 3.74. The van der Waals surface area contributed by atoms with Gasteiger partial charge in [-0.3, -0.25) is 14.6 Å². The fraction of sp³-hybridized carbons (Fsp3) is 0.417. The first-order valence-electron chi connectivity index (χ1n) is 5.83. The van der Waals surface area contributed by atoms with Crippen LogP contribution in [-0.4, -0.2) is 36.9 Å². The summed E-state index contributed by atoms with van der Waals surface area (Å²) < 4.78 is 0. The molecule has 1 rings (SSSR count). The van der Waals surface area contributed by atoms with Gasteiger partial charge in [-0.1, -0.05) is 0 Å². The topological polar surface area (TPSA) is 83.1 Å². The normalized spacial score (nSPS) is 9.83. The van der Waals surface area contributed by atoms with Gasteiger partial charge in [0.1, 0.15) is 0 Å². The largest absolute Gasteiger partial charge is 0.356 e. The molecule has 1 heterocycles. The average Bonchev–Trinajstić information content (AvgIpc) is 2.37. The molecule has 2 amide bonds. The van der Waals surface area contributed by atoms with Crippen LogP contribution in [0.1, 0.15) is 12.8 Å². The van der Waals surface area contributed by atoms with Crippen molar-refractivity contribution in [1.82, 2.24) is 15.6 Å². The van der Waals surface area contributed by atoms with Crippen molar-refractivity contribution >= 4 is 17.5 Å². The summed E-state index contributed by atoms with van der Waals surface area (Å²) in [7, 11) is 1.79. The molecule has 0 atom stereocenters. The lowest BCUT2D eigenvalue weighted by molar-refractivity contribution is -0.121. The molecule has 98 valence electrons. The lowest BCUT2D eigenvalue weighted by atomic mass is 10.3. The van der Waals surface area contributed by atoms with E-state index >= 15 is 0 Å². The van der Waals surface area contributed by atoms with Crippen molar-refractivity contribution in [2.45, 2.75) is 12.8 Å². The van der Waals surface area contributed by atoms with E-state index in [9.17, 15) is 9.59 Å². The summed E-state index contributed by atoms with van der Waals surface area (Å²) in [6, 6.07) is 3.42. The Morgan fingerprint density at radius 3 is 2.44 bits per heavy atom. The number of nitrogens with one attached hydrogen (secondary N) is 3. The Labute approximate surface area is 106 Å². The van der Waals surface area contributed by atoms with Crippen molar-refractivity contribution in [3.05, 3.63) is 24.5 Å². The summed E-state index contributed by atoms with van der Waals surface area (Å²) in [5, 5.41) is 8.28. The molecule has 18 heavy (non-hydrogen) atoms. The Morgan fingerprint density at radius 2 is 1.78 bits per heavy atom. The maximum atomic E-state index is 11.5. The van der Waals surface area contributed by atoms with E-state index < -0.39 is 0 Å². The maximum Gasteiger partial charge on any atom is 0.226 e. The minimum absolute atomic E-state index is 0.0546. The van der Waals surface area contributed by atoms with Gasteiger partial charge >= 0.3 is 0 Å². The molecule has 0 aliphatic rings. The van der Waals surface area contributed by atoms with Gasteiger partial charge in [0.25, 0.3) is 0 Å². The number of hydrogen-bond acceptors (Lipinski definition) is 4. The Kier molecular flexibility index (Phi) is 6.42. The third-order valence-electron chi connectivity index (χ3n) is 2.24. The molecule has 0 spiro atoms. The van der Waals surface area contributed by atoms with Gasteiger partial charge in [0, 0.05) is 44.0 Å². The molecule has 0 aromatic carbocycles. The fourth-order valence-electron chi connectivity index (χ4n) is 1.30. The highest BCUT2D eigenvalue weighted by atomic mass is 16.2. The number of hydrogen-bond donors (Lipinski definition) is 3. The fourth-order valence-corrected chi connectivity index (χ4v) is 1.30. The Bertz CT molecular complexity index is 381. The zero-order chi connectivity index (χ0) is 13.2. The lowest BCUT2D eigenvalue weighted by Gasteiger charge is -2.06. The molecule has 0 saturated heterocycles. The number of aromatic nitrogens is 1. The van der Waals surface area contributed by atoms with Crippen molar-refractivity contribution in [2.75, 3.05) is 25.5 Å². The van der Waals surface area contributed by atoms with Crippen molar-refractivity contribution in [2.24, 2.45) is 0 Å². The van der Waals surface area contributed by atoms with Crippen molar-refractivity contribution < 1.29 is 9.59 Å². The smallest absolute Gasteiger partial charge is 0.226 e. The SMILES string of the molecule is CNCCC(=O)NCCC(=O)Nc1ccncc1. The summed E-state index contributed by atoms with van der Waals surface area (Å²) >= 11 is 0. The van der Waals surface area contributed by atoms with Crippen LogP contribution in [0.15, 0.2) is 24.5 Å². The first kappa shape index (κ1) is 14.1. The molecule has 0 aliphatic heterocycles. The molecular formula is C12H18N4O2. The van der Waals surface area contributed by atoms with E-state index in [1.165, 1.54) is 0 Å². The minimum Gasteiger partial charge on any atom is -0.356 e. The van der Waals surface area contributed by atoms with Gasteiger partial charge in [-0.2, -0.15) is 0 Å². The number of anilines is 1. The molecule has 6 heteroatoms. The second kappa shape index (κ2) is 8.19. The highest BCUT2D eigenvalue weighted by molar-refractivity contribution is 5.91. The van der Waals surface area contributed by atoms with Crippen LogP contribution in [0, 0.1) is 0 Å². The van der Waals surface area contributed by atoms with Crippen LogP contribution in [-0.2, 0) is 9.59 Å². The average molecular weight is 250 g/mol.